The van der Waals surface area contributed by atoms with Crippen LogP contribution in [0, 0.1) is 5.92 Å². The average molecular weight is 225 g/mol. The van der Waals surface area contributed by atoms with Crippen molar-refractivity contribution < 1.29 is 0 Å². The van der Waals surface area contributed by atoms with Crippen LogP contribution in [0.4, 0.5) is 0 Å². The van der Waals surface area contributed by atoms with Crippen LogP contribution < -0.4 is 5.56 Å². The number of nitrogens with zero attached hydrogens (tertiary/aromatic N) is 2. The molecule has 0 aliphatic carbocycles. The highest BCUT2D eigenvalue weighted by Gasteiger charge is 2.07. The van der Waals surface area contributed by atoms with Gasteiger partial charge in [-0.3, -0.25) is 4.79 Å². The van der Waals surface area contributed by atoms with Crippen molar-refractivity contribution in [3.8, 4) is 10.6 Å². The van der Waals surface area contributed by atoms with Crippen LogP contribution in [0.1, 0.15) is 27.2 Å². The number of rotatable bonds is 1. The summed E-state index contributed by atoms with van der Waals surface area (Å²) in [7, 11) is 0. The van der Waals surface area contributed by atoms with E-state index in [0.29, 0.717) is 10.6 Å². The molecule has 0 fully saturated rings. The fourth-order valence-electron chi connectivity index (χ4n) is 0.713. The van der Waals surface area contributed by atoms with Gasteiger partial charge in [0.05, 0.1) is 5.56 Å². The van der Waals surface area contributed by atoms with Gasteiger partial charge in [0.2, 0.25) is 0 Å². The highest BCUT2D eigenvalue weighted by atomic mass is 32.1. The summed E-state index contributed by atoms with van der Waals surface area (Å²) in [5, 5.41) is 0.708. The topological polar surface area (TPSA) is 58.6 Å². The first-order valence-corrected chi connectivity index (χ1v) is 5.74. The molecular weight excluding hydrogens is 210 g/mol. The van der Waals surface area contributed by atoms with Crippen LogP contribution in [-0.4, -0.2) is 14.3 Å². The first kappa shape index (κ1) is 11.8. The predicted molar refractivity (Wildman–Crippen MR) is 62.3 cm³/mol. The highest BCUT2D eigenvalue weighted by Crippen LogP contribution is 2.16. The molecular formula is C10H15N3OS. The summed E-state index contributed by atoms with van der Waals surface area (Å²) in [5.41, 5.74) is 0.343. The van der Waals surface area contributed by atoms with Gasteiger partial charge in [-0.25, -0.2) is 4.98 Å². The van der Waals surface area contributed by atoms with Crippen LogP contribution in [0.25, 0.3) is 10.6 Å². The monoisotopic (exact) mass is 225 g/mol. The van der Waals surface area contributed by atoms with Gasteiger partial charge in [0, 0.05) is 6.20 Å². The zero-order valence-electron chi connectivity index (χ0n) is 9.15. The third-order valence-corrected chi connectivity index (χ3v) is 2.74. The van der Waals surface area contributed by atoms with Crippen molar-refractivity contribution in [2.24, 2.45) is 5.92 Å². The molecule has 0 radical (unpaired) electrons. The normalized spacial score (nSPS) is 10.1. The lowest BCUT2D eigenvalue weighted by molar-refractivity contribution is 0.626. The molecule has 2 heterocycles. The predicted octanol–water partition coefficient (Wildman–Crippen LogP) is 2.38. The zero-order chi connectivity index (χ0) is 11.3. The van der Waals surface area contributed by atoms with Gasteiger partial charge in [-0.2, -0.15) is 4.98 Å². The Labute approximate surface area is 92.9 Å². The van der Waals surface area contributed by atoms with Crippen molar-refractivity contribution in [2.75, 3.05) is 0 Å². The number of hydrogen-bond acceptors (Lipinski definition) is 4. The molecule has 0 amide bonds. The maximum Gasteiger partial charge on any atom is 0.283 e. The van der Waals surface area contributed by atoms with Gasteiger partial charge in [0.1, 0.15) is 11.3 Å². The van der Waals surface area contributed by atoms with Gasteiger partial charge >= 0.3 is 0 Å². The van der Waals surface area contributed by atoms with Gasteiger partial charge < -0.3 is 4.37 Å². The Morgan fingerprint density at radius 3 is 2.67 bits per heavy atom. The van der Waals surface area contributed by atoms with Gasteiger partial charge in [0.15, 0.2) is 0 Å². The molecule has 15 heavy (non-hydrogen) atoms. The summed E-state index contributed by atoms with van der Waals surface area (Å²) in [6.07, 6.45) is 4.19. The molecule has 2 rings (SSSR count). The molecule has 1 N–H and O–H groups in total. The summed E-state index contributed by atoms with van der Waals surface area (Å²) < 4.78 is 2.82. The third-order valence-electron chi connectivity index (χ3n) is 1.99. The van der Waals surface area contributed by atoms with Crippen LogP contribution in [-0.2, 0) is 0 Å². The molecule has 0 saturated carbocycles. The molecule has 0 saturated heterocycles. The van der Waals surface area contributed by atoms with E-state index < -0.39 is 0 Å². The van der Waals surface area contributed by atoms with E-state index in [2.05, 4.69) is 35.1 Å². The maximum absolute atomic E-state index is 10.9. The molecule has 4 nitrogen and oxygen atoms in total. The molecule has 82 valence electrons. The molecule has 0 bridgehead atoms. The van der Waals surface area contributed by atoms with Gasteiger partial charge in [-0.15, -0.1) is 0 Å². The van der Waals surface area contributed by atoms with Crippen LogP contribution in [0.2, 0.25) is 0 Å². The molecule has 0 aromatic heterocycles. The van der Waals surface area contributed by atoms with Crippen LogP contribution in [0.15, 0.2) is 17.3 Å². The Hall–Kier alpha value is -1.23. The number of H-pyrrole nitrogens is 1. The van der Waals surface area contributed by atoms with E-state index in [4.69, 9.17) is 0 Å². The van der Waals surface area contributed by atoms with E-state index in [1.807, 2.05) is 0 Å². The first-order chi connectivity index (χ1) is 7.15. The van der Waals surface area contributed by atoms with E-state index in [9.17, 15) is 4.79 Å². The quantitative estimate of drug-likeness (QED) is 0.810. The van der Waals surface area contributed by atoms with E-state index in [-0.39, 0.29) is 5.56 Å². The maximum atomic E-state index is 10.9. The zero-order valence-corrected chi connectivity index (χ0v) is 9.97. The lowest BCUT2D eigenvalue weighted by atomic mass is 10.2. The molecule has 2 aliphatic rings. The number of hydrogen-bond donors (Lipinski definition) is 1. The Morgan fingerprint density at radius 1 is 1.47 bits per heavy atom. The third kappa shape index (κ3) is 3.43. The van der Waals surface area contributed by atoms with E-state index in [1.165, 1.54) is 24.3 Å². The summed E-state index contributed by atoms with van der Waals surface area (Å²) in [5.74, 6) is 0.884. The molecule has 0 unspecified atom stereocenters. The fraction of sp³-hybridized carbons (Fsp3) is 0.500. The summed E-state index contributed by atoms with van der Waals surface area (Å²) in [4.78, 5) is 18.3. The minimum atomic E-state index is -0.220. The fourth-order valence-corrected chi connectivity index (χ4v) is 1.36. The standard InChI is InChI=1S/C5H3N3OS.C5H12/c9-4-3-1-8-10-5(3)7-2-6-4;1-4-5(2)3/h1-2,8H;5H,4H2,1-3H3. The summed E-state index contributed by atoms with van der Waals surface area (Å²) in [6, 6.07) is 0. The SMILES string of the molecule is CCC(C)C.O=c1ncnc2s[nH]cc1-2. The molecule has 0 aromatic carbocycles. The molecule has 0 aromatic rings. The average Bonchev–Trinajstić information content (AvgIpc) is 2.68. The van der Waals surface area contributed by atoms with Crippen molar-refractivity contribution in [3.05, 3.63) is 22.9 Å². The number of fused-ring (bicyclic) bond motifs is 1. The molecule has 5 heteroatoms. The number of aromatic nitrogens is 3. The Bertz CT molecular complexity index is 421. The van der Waals surface area contributed by atoms with Gasteiger partial charge in [0.25, 0.3) is 5.56 Å². The molecule has 0 spiro atoms. The van der Waals surface area contributed by atoms with Crippen molar-refractivity contribution in [1.82, 2.24) is 14.3 Å². The minimum absolute atomic E-state index is 0.220. The van der Waals surface area contributed by atoms with Crippen molar-refractivity contribution in [3.63, 3.8) is 0 Å². The second kappa shape index (κ2) is 5.60. The lowest BCUT2D eigenvalue weighted by Crippen LogP contribution is -2.07. The van der Waals surface area contributed by atoms with Crippen LogP contribution >= 0.6 is 11.5 Å². The second-order valence-corrected chi connectivity index (χ2v) is 4.39. The smallest absolute Gasteiger partial charge is 0.283 e. The Balaban J connectivity index is 0.000000195. The van der Waals surface area contributed by atoms with Crippen molar-refractivity contribution in [2.45, 2.75) is 27.2 Å². The van der Waals surface area contributed by atoms with Crippen molar-refractivity contribution in [1.29, 1.82) is 0 Å². The lowest BCUT2D eigenvalue weighted by Gasteiger charge is -1.90. The minimum Gasteiger partial charge on any atom is -0.316 e. The molecule has 2 aliphatic heterocycles. The number of nitrogens with one attached hydrogen (secondary N) is 1. The van der Waals surface area contributed by atoms with E-state index in [1.54, 1.807) is 6.20 Å². The van der Waals surface area contributed by atoms with Gasteiger partial charge in [-0.1, -0.05) is 27.2 Å². The first-order valence-electron chi connectivity index (χ1n) is 4.92. The van der Waals surface area contributed by atoms with Crippen molar-refractivity contribution >= 4 is 11.5 Å². The Kier molecular flexibility index (Phi) is 4.42. The largest absolute Gasteiger partial charge is 0.316 e. The molecule has 0 atom stereocenters. The van der Waals surface area contributed by atoms with Crippen LogP contribution in [0.3, 0.4) is 0 Å². The van der Waals surface area contributed by atoms with Gasteiger partial charge in [-0.05, 0) is 17.5 Å². The summed E-state index contributed by atoms with van der Waals surface area (Å²) >= 11 is 1.33. The number of aromatic amines is 1. The summed E-state index contributed by atoms with van der Waals surface area (Å²) in [6.45, 7) is 6.64. The van der Waals surface area contributed by atoms with E-state index in [0.717, 1.165) is 5.92 Å². The highest BCUT2D eigenvalue weighted by molar-refractivity contribution is 7.09. The second-order valence-electron chi connectivity index (χ2n) is 3.56. The van der Waals surface area contributed by atoms with Crippen LogP contribution in [0.5, 0.6) is 0 Å². The van der Waals surface area contributed by atoms with E-state index >= 15 is 0 Å². The Morgan fingerprint density at radius 2 is 2.13 bits per heavy atom.